The van der Waals surface area contributed by atoms with Crippen molar-refractivity contribution >= 4 is 0 Å². The molecule has 4 nitrogen and oxygen atoms in total. The molecule has 19 heavy (non-hydrogen) atoms. The third kappa shape index (κ3) is 3.85. The van der Waals surface area contributed by atoms with E-state index in [-0.39, 0.29) is 11.8 Å². The first-order chi connectivity index (χ1) is 9.20. The van der Waals surface area contributed by atoms with Crippen LogP contribution in [0.4, 0.5) is 0 Å². The second-order valence-corrected chi connectivity index (χ2v) is 5.12. The molecular formula is C15H23NO3. The fraction of sp³-hybridized carbons (Fsp3) is 0.600. The van der Waals surface area contributed by atoms with Gasteiger partial charge in [0.1, 0.15) is 11.5 Å². The van der Waals surface area contributed by atoms with Gasteiger partial charge in [0.2, 0.25) is 0 Å². The van der Waals surface area contributed by atoms with Gasteiger partial charge >= 0.3 is 0 Å². The Labute approximate surface area is 114 Å². The van der Waals surface area contributed by atoms with Crippen molar-refractivity contribution in [3.8, 4) is 11.5 Å². The second-order valence-electron chi connectivity index (χ2n) is 5.12. The Bertz CT molecular complexity index is 402. The first kappa shape index (κ1) is 14.2. The van der Waals surface area contributed by atoms with Crippen LogP contribution in [-0.4, -0.2) is 32.0 Å². The van der Waals surface area contributed by atoms with Gasteiger partial charge in [-0.3, -0.25) is 0 Å². The van der Waals surface area contributed by atoms with Crippen molar-refractivity contribution in [2.75, 3.05) is 26.9 Å². The highest BCUT2D eigenvalue weighted by Gasteiger charge is 2.16. The lowest BCUT2D eigenvalue weighted by molar-refractivity contribution is 0.184. The summed E-state index contributed by atoms with van der Waals surface area (Å²) in [5, 5.41) is 13.4. The summed E-state index contributed by atoms with van der Waals surface area (Å²) in [5.41, 5.74) is 0.906. The van der Waals surface area contributed by atoms with E-state index in [1.807, 2.05) is 12.1 Å². The van der Waals surface area contributed by atoms with Crippen LogP contribution in [0.1, 0.15) is 31.4 Å². The molecule has 0 bridgehead atoms. The van der Waals surface area contributed by atoms with Gasteiger partial charge in [0.05, 0.1) is 7.11 Å². The molecule has 1 aromatic rings. The van der Waals surface area contributed by atoms with E-state index in [2.05, 4.69) is 12.2 Å². The van der Waals surface area contributed by atoms with Crippen LogP contribution in [0, 0.1) is 5.92 Å². The van der Waals surface area contributed by atoms with Crippen molar-refractivity contribution in [1.82, 2.24) is 5.32 Å². The molecule has 2 N–H and O–H groups in total. The molecule has 0 aliphatic carbocycles. The van der Waals surface area contributed by atoms with Crippen molar-refractivity contribution in [2.45, 2.75) is 25.8 Å². The molecule has 1 aromatic carbocycles. The number of hydrogen-bond donors (Lipinski definition) is 2. The van der Waals surface area contributed by atoms with E-state index in [4.69, 9.17) is 9.47 Å². The van der Waals surface area contributed by atoms with Gasteiger partial charge in [-0.25, -0.2) is 0 Å². The highest BCUT2D eigenvalue weighted by atomic mass is 16.5. The first-order valence-corrected chi connectivity index (χ1v) is 6.88. The van der Waals surface area contributed by atoms with E-state index in [9.17, 15) is 5.11 Å². The Morgan fingerprint density at radius 1 is 1.53 bits per heavy atom. The number of rotatable bonds is 6. The van der Waals surface area contributed by atoms with E-state index >= 15 is 0 Å². The lowest BCUT2D eigenvalue weighted by Crippen LogP contribution is -2.22. The molecule has 0 saturated carbocycles. The van der Waals surface area contributed by atoms with Crippen LogP contribution in [0.25, 0.3) is 0 Å². The normalized spacial score (nSPS) is 20.4. The summed E-state index contributed by atoms with van der Waals surface area (Å²) < 4.78 is 10.4. The highest BCUT2D eigenvalue weighted by molar-refractivity contribution is 5.41. The number of hydrogen-bond acceptors (Lipinski definition) is 4. The smallest absolute Gasteiger partial charge is 0.124 e. The van der Waals surface area contributed by atoms with Crippen molar-refractivity contribution in [2.24, 2.45) is 5.92 Å². The third-order valence-corrected chi connectivity index (χ3v) is 3.73. The molecule has 1 aliphatic rings. The maximum Gasteiger partial charge on any atom is 0.124 e. The summed E-state index contributed by atoms with van der Waals surface area (Å²) in [6.45, 7) is 4.80. The van der Waals surface area contributed by atoms with Crippen LogP contribution in [0.3, 0.4) is 0 Å². The molecule has 2 rings (SSSR count). The largest absolute Gasteiger partial charge is 0.507 e. The molecule has 106 valence electrons. The van der Waals surface area contributed by atoms with Gasteiger partial charge in [0.25, 0.3) is 0 Å². The van der Waals surface area contributed by atoms with E-state index in [1.54, 1.807) is 13.2 Å². The zero-order valence-electron chi connectivity index (χ0n) is 11.7. The number of benzene rings is 1. The molecular weight excluding hydrogens is 242 g/mol. The predicted octanol–water partition coefficient (Wildman–Crippen LogP) is 2.48. The minimum absolute atomic E-state index is 0.133. The van der Waals surface area contributed by atoms with Gasteiger partial charge in [0.15, 0.2) is 0 Å². The van der Waals surface area contributed by atoms with Gasteiger partial charge in [-0.05, 0) is 38.3 Å². The molecule has 1 saturated heterocycles. The molecule has 1 heterocycles. The fourth-order valence-electron chi connectivity index (χ4n) is 2.44. The van der Waals surface area contributed by atoms with E-state index < -0.39 is 0 Å². The first-order valence-electron chi connectivity index (χ1n) is 6.88. The van der Waals surface area contributed by atoms with Crippen molar-refractivity contribution in [1.29, 1.82) is 0 Å². The number of methoxy groups -OCH3 is 1. The summed E-state index contributed by atoms with van der Waals surface area (Å²) >= 11 is 0. The van der Waals surface area contributed by atoms with Crippen LogP contribution in [0.15, 0.2) is 18.2 Å². The van der Waals surface area contributed by atoms with Gasteiger partial charge in [-0.15, -0.1) is 0 Å². The molecule has 0 radical (unpaired) electrons. The number of ether oxygens (including phenoxy) is 2. The SMILES string of the molecule is COc1ccc(C(C)NCCC2CCOC2)c(O)c1. The lowest BCUT2D eigenvalue weighted by atomic mass is 10.0. The number of aromatic hydroxyl groups is 1. The van der Waals surface area contributed by atoms with Gasteiger partial charge in [0, 0.05) is 30.9 Å². The average Bonchev–Trinajstić information content (AvgIpc) is 2.91. The Kier molecular flexibility index (Phi) is 5.05. The zero-order chi connectivity index (χ0) is 13.7. The molecule has 0 amide bonds. The third-order valence-electron chi connectivity index (χ3n) is 3.73. The number of nitrogens with one attached hydrogen (secondary N) is 1. The van der Waals surface area contributed by atoms with Gasteiger partial charge in [-0.1, -0.05) is 6.07 Å². The minimum atomic E-state index is 0.133. The quantitative estimate of drug-likeness (QED) is 0.829. The minimum Gasteiger partial charge on any atom is -0.507 e. The Balaban J connectivity index is 1.83. The maximum atomic E-state index is 9.96. The van der Waals surface area contributed by atoms with Crippen LogP contribution < -0.4 is 10.1 Å². The van der Waals surface area contributed by atoms with Crippen LogP contribution in [0.2, 0.25) is 0 Å². The summed E-state index contributed by atoms with van der Waals surface area (Å²) in [6, 6.07) is 5.56. The molecule has 0 aromatic heterocycles. The maximum absolute atomic E-state index is 9.96. The molecule has 2 unspecified atom stereocenters. The molecule has 0 spiro atoms. The van der Waals surface area contributed by atoms with Crippen LogP contribution in [-0.2, 0) is 4.74 Å². The van der Waals surface area contributed by atoms with Crippen LogP contribution in [0.5, 0.6) is 11.5 Å². The standard InChI is InChI=1S/C15H23NO3/c1-11(16-7-5-12-6-8-19-10-12)14-4-3-13(18-2)9-15(14)17/h3-4,9,11-12,16-17H,5-8,10H2,1-2H3. The van der Waals surface area contributed by atoms with Gasteiger partial charge in [-0.2, -0.15) is 0 Å². The summed E-state index contributed by atoms with van der Waals surface area (Å²) in [5.74, 6) is 1.64. The second kappa shape index (κ2) is 6.78. The van der Waals surface area contributed by atoms with Crippen molar-refractivity contribution < 1.29 is 14.6 Å². The monoisotopic (exact) mass is 265 g/mol. The van der Waals surface area contributed by atoms with Crippen molar-refractivity contribution in [3.05, 3.63) is 23.8 Å². The van der Waals surface area contributed by atoms with Gasteiger partial charge < -0.3 is 19.9 Å². The number of phenols is 1. The number of phenolic OH excluding ortho intramolecular Hbond substituents is 1. The molecule has 2 atom stereocenters. The van der Waals surface area contributed by atoms with Crippen LogP contribution >= 0.6 is 0 Å². The Hall–Kier alpha value is -1.26. The predicted molar refractivity (Wildman–Crippen MR) is 74.6 cm³/mol. The Morgan fingerprint density at radius 3 is 3.00 bits per heavy atom. The lowest BCUT2D eigenvalue weighted by Gasteiger charge is -2.17. The molecule has 1 aliphatic heterocycles. The van der Waals surface area contributed by atoms with E-state index in [0.717, 1.165) is 31.7 Å². The van der Waals surface area contributed by atoms with E-state index in [0.29, 0.717) is 11.7 Å². The summed E-state index contributed by atoms with van der Waals surface area (Å²) in [4.78, 5) is 0. The highest BCUT2D eigenvalue weighted by Crippen LogP contribution is 2.28. The zero-order valence-corrected chi connectivity index (χ0v) is 11.7. The fourth-order valence-corrected chi connectivity index (χ4v) is 2.44. The topological polar surface area (TPSA) is 50.7 Å². The summed E-state index contributed by atoms with van der Waals surface area (Å²) in [7, 11) is 1.60. The molecule has 1 fully saturated rings. The molecule has 4 heteroatoms. The van der Waals surface area contributed by atoms with Crippen molar-refractivity contribution in [3.63, 3.8) is 0 Å². The summed E-state index contributed by atoms with van der Waals surface area (Å²) in [6.07, 6.45) is 2.30. The van der Waals surface area contributed by atoms with E-state index in [1.165, 1.54) is 6.42 Å². The Morgan fingerprint density at radius 2 is 2.37 bits per heavy atom. The average molecular weight is 265 g/mol.